The average Bonchev–Trinajstić information content (AvgIpc) is 3.01. The molecule has 0 N–H and O–H groups in total. The zero-order valence-electron chi connectivity index (χ0n) is 15.8. The van der Waals surface area contributed by atoms with E-state index >= 15 is 0 Å². The second-order valence-corrected chi connectivity index (χ2v) is 9.78. The van der Waals surface area contributed by atoms with Gasteiger partial charge >= 0.3 is 12.2 Å². The van der Waals surface area contributed by atoms with Gasteiger partial charge in [-0.15, -0.1) is 0 Å². The standard InChI is InChI=1S/C20H19F3N2O3S/c1-12-6-13(2)8-16(7-12)25-18-11-29(27,28)10-17(18)24(19(25)26)15-5-3-4-14(9-15)20(21,22)23/h3-9,17-18H,10-11H2,1-2H3/t17-,18+/m0/s1. The van der Waals surface area contributed by atoms with Crippen molar-refractivity contribution in [2.24, 2.45) is 0 Å². The molecule has 4 rings (SSSR count). The number of halogens is 3. The first-order chi connectivity index (χ1) is 13.5. The van der Waals surface area contributed by atoms with Crippen molar-refractivity contribution in [2.75, 3.05) is 21.3 Å². The van der Waals surface area contributed by atoms with Gasteiger partial charge in [0.1, 0.15) is 0 Å². The topological polar surface area (TPSA) is 57.7 Å². The fraction of sp³-hybridized carbons (Fsp3) is 0.350. The minimum atomic E-state index is -4.56. The second kappa shape index (κ2) is 6.48. The van der Waals surface area contributed by atoms with Crippen LogP contribution in [-0.4, -0.2) is 38.0 Å². The highest BCUT2D eigenvalue weighted by Crippen LogP contribution is 2.40. The van der Waals surface area contributed by atoms with Gasteiger partial charge in [0.05, 0.1) is 29.2 Å². The number of urea groups is 1. The second-order valence-electron chi connectivity index (χ2n) is 7.63. The van der Waals surface area contributed by atoms with E-state index in [1.165, 1.54) is 21.9 Å². The Labute approximate surface area is 166 Å². The molecule has 0 spiro atoms. The number of hydrogen-bond donors (Lipinski definition) is 0. The van der Waals surface area contributed by atoms with Gasteiger partial charge in [0.2, 0.25) is 0 Å². The van der Waals surface area contributed by atoms with Crippen molar-refractivity contribution >= 4 is 27.2 Å². The Kier molecular flexibility index (Phi) is 4.41. The van der Waals surface area contributed by atoms with E-state index in [1.54, 1.807) is 12.1 Å². The molecule has 0 aliphatic carbocycles. The molecular formula is C20H19F3N2O3S. The van der Waals surface area contributed by atoms with Crippen LogP contribution in [0.2, 0.25) is 0 Å². The number of anilines is 2. The van der Waals surface area contributed by atoms with Crippen LogP contribution in [0.1, 0.15) is 16.7 Å². The quantitative estimate of drug-likeness (QED) is 0.687. The molecule has 29 heavy (non-hydrogen) atoms. The molecule has 2 aromatic carbocycles. The van der Waals surface area contributed by atoms with Gasteiger partial charge in [-0.2, -0.15) is 13.2 Å². The van der Waals surface area contributed by atoms with Crippen molar-refractivity contribution in [2.45, 2.75) is 32.1 Å². The van der Waals surface area contributed by atoms with Crippen molar-refractivity contribution in [1.29, 1.82) is 0 Å². The van der Waals surface area contributed by atoms with Crippen molar-refractivity contribution in [3.63, 3.8) is 0 Å². The maximum atomic E-state index is 13.3. The van der Waals surface area contributed by atoms with Gasteiger partial charge in [0.25, 0.3) is 0 Å². The smallest absolute Gasteiger partial charge is 0.288 e. The molecule has 0 radical (unpaired) electrons. The first kappa shape index (κ1) is 19.8. The van der Waals surface area contributed by atoms with Gasteiger partial charge < -0.3 is 0 Å². The zero-order valence-corrected chi connectivity index (χ0v) is 16.6. The summed E-state index contributed by atoms with van der Waals surface area (Å²) in [4.78, 5) is 15.9. The normalized spacial score (nSPS) is 23.6. The molecule has 0 saturated carbocycles. The van der Waals surface area contributed by atoms with Crippen LogP contribution in [0.3, 0.4) is 0 Å². The van der Waals surface area contributed by atoms with E-state index in [4.69, 9.17) is 0 Å². The fourth-order valence-electron chi connectivity index (χ4n) is 4.23. The predicted octanol–water partition coefficient (Wildman–Crippen LogP) is 3.93. The third-order valence-electron chi connectivity index (χ3n) is 5.31. The summed E-state index contributed by atoms with van der Waals surface area (Å²) in [6.07, 6.45) is -4.56. The predicted molar refractivity (Wildman–Crippen MR) is 104 cm³/mol. The Morgan fingerprint density at radius 1 is 0.897 bits per heavy atom. The summed E-state index contributed by atoms with van der Waals surface area (Å²) in [6.45, 7) is 3.73. The van der Waals surface area contributed by atoms with E-state index in [0.717, 1.165) is 23.3 Å². The minimum absolute atomic E-state index is 0.0452. The number of sulfone groups is 1. The Balaban J connectivity index is 1.82. The fourth-order valence-corrected chi connectivity index (χ4v) is 6.15. The van der Waals surface area contributed by atoms with Crippen molar-refractivity contribution in [3.05, 3.63) is 59.2 Å². The van der Waals surface area contributed by atoms with Gasteiger partial charge in [-0.3, -0.25) is 9.80 Å². The largest absolute Gasteiger partial charge is 0.416 e. The Hall–Kier alpha value is -2.55. The lowest BCUT2D eigenvalue weighted by molar-refractivity contribution is -0.137. The first-order valence-corrected chi connectivity index (χ1v) is 10.9. The van der Waals surface area contributed by atoms with E-state index in [2.05, 4.69) is 0 Å². The number of fused-ring (bicyclic) bond motifs is 1. The van der Waals surface area contributed by atoms with Crippen LogP contribution in [0, 0.1) is 13.8 Å². The van der Waals surface area contributed by atoms with Crippen LogP contribution < -0.4 is 9.80 Å². The number of alkyl halides is 3. The highest BCUT2D eigenvalue weighted by Gasteiger charge is 2.54. The van der Waals surface area contributed by atoms with Crippen molar-refractivity contribution < 1.29 is 26.4 Å². The molecule has 0 bridgehead atoms. The molecule has 2 atom stereocenters. The lowest BCUT2D eigenvalue weighted by atomic mass is 10.1. The molecule has 2 heterocycles. The van der Waals surface area contributed by atoms with Crippen molar-refractivity contribution in [3.8, 4) is 0 Å². The van der Waals surface area contributed by atoms with Gasteiger partial charge in [-0.05, 0) is 55.3 Å². The number of hydrogen-bond acceptors (Lipinski definition) is 3. The number of benzene rings is 2. The van der Waals surface area contributed by atoms with Gasteiger partial charge in [0.15, 0.2) is 9.84 Å². The summed E-state index contributed by atoms with van der Waals surface area (Å²) in [5, 5.41) is 0. The summed E-state index contributed by atoms with van der Waals surface area (Å²) in [5.41, 5.74) is 1.52. The summed E-state index contributed by atoms with van der Waals surface area (Å²) in [5.74, 6) is -0.493. The molecule has 2 aliphatic rings. The zero-order chi connectivity index (χ0) is 21.1. The van der Waals surface area contributed by atoms with Crippen LogP contribution in [0.25, 0.3) is 0 Å². The van der Waals surface area contributed by atoms with Gasteiger partial charge in [0, 0.05) is 11.4 Å². The van der Waals surface area contributed by atoms with Gasteiger partial charge in [-0.25, -0.2) is 13.2 Å². The molecule has 0 unspecified atom stereocenters. The highest BCUT2D eigenvalue weighted by molar-refractivity contribution is 7.91. The number of amides is 2. The van der Waals surface area contributed by atoms with Crippen molar-refractivity contribution in [1.82, 2.24) is 0 Å². The summed E-state index contributed by atoms with van der Waals surface area (Å²) in [7, 11) is -3.43. The molecule has 2 aliphatic heterocycles. The first-order valence-electron chi connectivity index (χ1n) is 9.05. The molecule has 2 saturated heterocycles. The molecular weight excluding hydrogens is 405 g/mol. The lowest BCUT2D eigenvalue weighted by Gasteiger charge is -2.24. The third kappa shape index (κ3) is 3.48. The summed E-state index contributed by atoms with van der Waals surface area (Å²) >= 11 is 0. The van der Waals surface area contributed by atoms with E-state index in [0.29, 0.717) is 5.69 Å². The molecule has 2 aromatic rings. The number of carbonyl (C=O) groups excluding carboxylic acids is 1. The van der Waals surface area contributed by atoms with Crippen LogP contribution in [0.4, 0.5) is 29.3 Å². The third-order valence-corrected chi connectivity index (χ3v) is 7.00. The number of rotatable bonds is 2. The van der Waals surface area contributed by atoms with Crippen LogP contribution in [0.15, 0.2) is 42.5 Å². The molecule has 0 aromatic heterocycles. The lowest BCUT2D eigenvalue weighted by Crippen LogP contribution is -2.38. The molecule has 2 amide bonds. The summed E-state index contributed by atoms with van der Waals surface area (Å²) in [6, 6.07) is 8.03. The number of carbonyl (C=O) groups is 1. The Morgan fingerprint density at radius 3 is 2.00 bits per heavy atom. The van der Waals surface area contributed by atoms with Crippen LogP contribution >= 0.6 is 0 Å². The molecule has 2 fully saturated rings. The number of nitrogens with zero attached hydrogens (tertiary/aromatic N) is 2. The highest BCUT2D eigenvalue weighted by atomic mass is 32.2. The van der Waals surface area contributed by atoms with Gasteiger partial charge in [-0.1, -0.05) is 12.1 Å². The monoisotopic (exact) mass is 424 g/mol. The van der Waals surface area contributed by atoms with E-state index < -0.39 is 39.7 Å². The maximum absolute atomic E-state index is 13.3. The van der Waals surface area contributed by atoms with E-state index in [1.807, 2.05) is 19.9 Å². The summed E-state index contributed by atoms with van der Waals surface area (Å²) < 4.78 is 64.1. The van der Waals surface area contributed by atoms with E-state index in [9.17, 15) is 26.4 Å². The van der Waals surface area contributed by atoms with E-state index in [-0.39, 0.29) is 17.2 Å². The molecule has 9 heteroatoms. The molecule has 5 nitrogen and oxygen atoms in total. The maximum Gasteiger partial charge on any atom is 0.416 e. The van der Waals surface area contributed by atoms with Crippen LogP contribution in [-0.2, 0) is 16.0 Å². The Bertz CT molecular complexity index is 1080. The average molecular weight is 424 g/mol. The minimum Gasteiger partial charge on any atom is -0.288 e. The van der Waals surface area contributed by atoms with Crippen LogP contribution in [0.5, 0.6) is 0 Å². The number of aryl methyl sites for hydroxylation is 2. The SMILES string of the molecule is Cc1cc(C)cc(N2C(=O)N(c3cccc(C(F)(F)F)c3)[C@H]3CS(=O)(=O)C[C@H]32)c1. The Morgan fingerprint density at radius 2 is 1.45 bits per heavy atom. The molecule has 154 valence electrons.